The number of amides is 1. The Bertz CT molecular complexity index is 938. The number of fused-ring (bicyclic) bond motifs is 1. The molecule has 1 unspecified atom stereocenters. The zero-order chi connectivity index (χ0) is 19.6. The van der Waals surface area contributed by atoms with Crippen molar-refractivity contribution in [2.24, 2.45) is 5.73 Å². The van der Waals surface area contributed by atoms with Gasteiger partial charge in [0, 0.05) is 12.7 Å². The van der Waals surface area contributed by atoms with Crippen LogP contribution in [0.5, 0.6) is 0 Å². The second-order valence-electron chi connectivity index (χ2n) is 5.95. The van der Waals surface area contributed by atoms with Crippen molar-refractivity contribution >= 4 is 23.2 Å². The maximum atomic E-state index is 13.2. The molecule has 4 rings (SSSR count). The number of nitrogens with two attached hydrogens (primary N) is 2. The summed E-state index contributed by atoms with van der Waals surface area (Å²) in [7, 11) is 0. The largest absolute Gasteiger partial charge is 0.381 e. The smallest absolute Gasteiger partial charge is 0.256 e. The van der Waals surface area contributed by atoms with Crippen molar-refractivity contribution in [3.63, 3.8) is 0 Å². The summed E-state index contributed by atoms with van der Waals surface area (Å²) in [5.41, 5.74) is 11.3. The molecular weight excluding hydrogens is 361 g/mol. The number of primary amides is 1. The minimum Gasteiger partial charge on any atom is -0.381 e. The van der Waals surface area contributed by atoms with E-state index in [4.69, 9.17) is 11.5 Å². The van der Waals surface area contributed by atoms with Gasteiger partial charge in [-0.1, -0.05) is 0 Å². The van der Waals surface area contributed by atoms with E-state index in [2.05, 4.69) is 10.1 Å². The van der Waals surface area contributed by atoms with Crippen LogP contribution in [0.4, 0.5) is 24.8 Å². The number of alkyl halides is 1. The number of nitrogens with zero attached hydrogens (tertiary/aromatic N) is 4. The highest BCUT2D eigenvalue weighted by Crippen LogP contribution is 2.23. The van der Waals surface area contributed by atoms with E-state index in [1.54, 1.807) is 12.3 Å². The molecular formula is C17H17F3N6O. The van der Waals surface area contributed by atoms with Gasteiger partial charge in [0.2, 0.25) is 0 Å². The number of carbonyl (C=O) groups is 1. The van der Waals surface area contributed by atoms with Gasteiger partial charge >= 0.3 is 0 Å². The molecule has 1 saturated heterocycles. The Balaban J connectivity index is 0.000000221. The van der Waals surface area contributed by atoms with Crippen LogP contribution in [0.3, 0.4) is 0 Å². The predicted octanol–water partition coefficient (Wildman–Crippen LogP) is 1.92. The van der Waals surface area contributed by atoms with Gasteiger partial charge < -0.3 is 16.4 Å². The van der Waals surface area contributed by atoms with E-state index < -0.39 is 23.7 Å². The van der Waals surface area contributed by atoms with Crippen LogP contribution in [0.25, 0.3) is 5.65 Å². The summed E-state index contributed by atoms with van der Waals surface area (Å²) in [5, 5.41) is 3.96. The van der Waals surface area contributed by atoms with Crippen LogP contribution < -0.4 is 16.4 Å². The summed E-state index contributed by atoms with van der Waals surface area (Å²) in [6.07, 6.45) is 1.27. The van der Waals surface area contributed by atoms with Crippen LogP contribution in [-0.2, 0) is 0 Å². The van der Waals surface area contributed by atoms with Gasteiger partial charge in [0.05, 0.1) is 6.54 Å². The molecule has 10 heteroatoms. The third kappa shape index (κ3) is 4.10. The molecule has 1 atom stereocenters. The first kappa shape index (κ1) is 18.5. The van der Waals surface area contributed by atoms with Gasteiger partial charge in [0.15, 0.2) is 11.5 Å². The number of aromatic nitrogens is 3. The zero-order valence-corrected chi connectivity index (χ0v) is 14.1. The van der Waals surface area contributed by atoms with E-state index in [0.717, 1.165) is 24.3 Å². The molecule has 1 aliphatic heterocycles. The topological polar surface area (TPSA) is 103 Å². The Labute approximate surface area is 152 Å². The number of carbonyl (C=O) groups excluding carboxylic acids is 1. The Morgan fingerprint density at radius 2 is 1.78 bits per heavy atom. The second-order valence-corrected chi connectivity index (χ2v) is 5.95. The van der Waals surface area contributed by atoms with Gasteiger partial charge in [-0.3, -0.25) is 4.79 Å². The summed E-state index contributed by atoms with van der Waals surface area (Å²) in [4.78, 5) is 17.5. The lowest BCUT2D eigenvalue weighted by atomic mass is 10.3. The summed E-state index contributed by atoms with van der Waals surface area (Å²) >= 11 is 0. The number of benzene rings is 1. The summed E-state index contributed by atoms with van der Waals surface area (Å²) in [6.45, 7) is 0.901. The molecule has 1 aromatic carbocycles. The molecule has 0 saturated carbocycles. The van der Waals surface area contributed by atoms with Crippen molar-refractivity contribution in [3.8, 4) is 0 Å². The summed E-state index contributed by atoms with van der Waals surface area (Å²) in [5.74, 6) is -0.864. The van der Waals surface area contributed by atoms with Gasteiger partial charge in [0.25, 0.3) is 5.91 Å². The monoisotopic (exact) mass is 378 g/mol. The molecule has 0 bridgehead atoms. The van der Waals surface area contributed by atoms with Crippen molar-refractivity contribution in [1.29, 1.82) is 0 Å². The van der Waals surface area contributed by atoms with E-state index >= 15 is 0 Å². The standard InChI is InChI=1S/C11H13FN6O.C6H4F2/c12-6-1-3-17(5-6)7-2-4-18-11(15-7)8(10(14)19)9(13)16-18;7-5-1-2-6(8)4-3-5/h2,4,6H,1,3,5H2,(H2,13,16)(H2,14,19);1-4H. The number of rotatable bonds is 2. The van der Waals surface area contributed by atoms with Crippen molar-refractivity contribution in [2.75, 3.05) is 23.7 Å². The van der Waals surface area contributed by atoms with Gasteiger partial charge in [-0.2, -0.15) is 0 Å². The van der Waals surface area contributed by atoms with Crippen LogP contribution in [0.2, 0.25) is 0 Å². The first-order chi connectivity index (χ1) is 12.8. The minimum absolute atomic E-state index is 0.0435. The molecule has 0 aliphatic carbocycles. The normalized spacial score (nSPS) is 16.3. The van der Waals surface area contributed by atoms with Crippen LogP contribution in [0.15, 0.2) is 36.5 Å². The molecule has 3 heterocycles. The first-order valence-corrected chi connectivity index (χ1v) is 8.10. The predicted molar refractivity (Wildman–Crippen MR) is 94.0 cm³/mol. The van der Waals surface area contributed by atoms with Gasteiger partial charge in [-0.05, 0) is 36.8 Å². The lowest BCUT2D eigenvalue weighted by Crippen LogP contribution is -2.21. The number of anilines is 2. The van der Waals surface area contributed by atoms with Crippen LogP contribution in [-0.4, -0.2) is 39.8 Å². The highest BCUT2D eigenvalue weighted by atomic mass is 19.1. The van der Waals surface area contributed by atoms with Gasteiger partial charge in [-0.25, -0.2) is 22.7 Å². The lowest BCUT2D eigenvalue weighted by molar-refractivity contribution is 0.100. The zero-order valence-electron chi connectivity index (χ0n) is 14.1. The Morgan fingerprint density at radius 3 is 2.30 bits per heavy atom. The number of nitrogen functional groups attached to an aromatic ring is 1. The average molecular weight is 378 g/mol. The van der Waals surface area contributed by atoms with Crippen molar-refractivity contribution < 1.29 is 18.0 Å². The minimum atomic E-state index is -0.844. The lowest BCUT2D eigenvalue weighted by Gasteiger charge is -2.15. The summed E-state index contributed by atoms with van der Waals surface area (Å²) < 4.78 is 38.4. The first-order valence-electron chi connectivity index (χ1n) is 8.10. The third-order valence-corrected chi connectivity index (χ3v) is 4.00. The maximum absolute atomic E-state index is 13.2. The molecule has 1 aliphatic rings. The fourth-order valence-electron chi connectivity index (χ4n) is 2.70. The highest BCUT2D eigenvalue weighted by Gasteiger charge is 2.24. The third-order valence-electron chi connectivity index (χ3n) is 4.00. The molecule has 2 aromatic heterocycles. The quantitative estimate of drug-likeness (QED) is 0.709. The Hall–Kier alpha value is -3.30. The molecule has 0 spiro atoms. The molecule has 4 N–H and O–H groups in total. The Morgan fingerprint density at radius 1 is 1.15 bits per heavy atom. The van der Waals surface area contributed by atoms with Crippen molar-refractivity contribution in [1.82, 2.24) is 14.6 Å². The highest BCUT2D eigenvalue weighted by molar-refractivity contribution is 6.03. The molecule has 7 nitrogen and oxygen atoms in total. The SMILES string of the molecule is Fc1ccc(F)cc1.NC(=O)c1c(N)nn2ccc(N3CCC(F)C3)nc12. The van der Waals surface area contributed by atoms with Crippen LogP contribution >= 0.6 is 0 Å². The Kier molecular flexibility index (Phi) is 5.15. The fourth-order valence-corrected chi connectivity index (χ4v) is 2.70. The van der Waals surface area contributed by atoms with Crippen molar-refractivity contribution in [2.45, 2.75) is 12.6 Å². The van der Waals surface area contributed by atoms with E-state index in [-0.39, 0.29) is 11.4 Å². The van der Waals surface area contributed by atoms with Crippen LogP contribution in [0.1, 0.15) is 16.8 Å². The van der Waals surface area contributed by atoms with Gasteiger partial charge in [-0.15, -0.1) is 5.10 Å². The van der Waals surface area contributed by atoms with E-state index in [9.17, 15) is 18.0 Å². The molecule has 0 radical (unpaired) electrons. The fraction of sp³-hybridized carbons (Fsp3) is 0.235. The number of halogens is 3. The van der Waals surface area contributed by atoms with Crippen molar-refractivity contribution in [3.05, 3.63) is 53.7 Å². The maximum Gasteiger partial charge on any atom is 0.256 e. The molecule has 1 amide bonds. The molecule has 27 heavy (non-hydrogen) atoms. The van der Waals surface area contributed by atoms with E-state index in [1.807, 2.05) is 4.90 Å². The summed E-state index contributed by atoms with van der Waals surface area (Å²) in [6, 6.07) is 6.03. The average Bonchev–Trinajstić information content (AvgIpc) is 3.19. The number of hydrogen-bond donors (Lipinski definition) is 2. The van der Waals surface area contributed by atoms with Gasteiger partial charge in [0.1, 0.15) is 29.2 Å². The van der Waals surface area contributed by atoms with Crippen LogP contribution in [0, 0.1) is 11.6 Å². The molecule has 142 valence electrons. The van der Waals surface area contributed by atoms with E-state index in [1.165, 1.54) is 4.52 Å². The molecule has 3 aromatic rings. The number of hydrogen-bond acceptors (Lipinski definition) is 5. The van der Waals surface area contributed by atoms with E-state index in [0.29, 0.717) is 31.0 Å². The molecule has 1 fully saturated rings. The second kappa shape index (κ2) is 7.52.